The van der Waals surface area contributed by atoms with E-state index in [2.05, 4.69) is 11.4 Å². The molecule has 1 aromatic rings. The number of aryl methyl sites for hydroxylation is 1. The number of carbonyl (C=O) groups is 1. The summed E-state index contributed by atoms with van der Waals surface area (Å²) in [5.41, 5.74) is 1.80. The van der Waals surface area contributed by atoms with E-state index < -0.39 is 5.41 Å². The van der Waals surface area contributed by atoms with Crippen LogP contribution in [0.25, 0.3) is 0 Å². The normalized spacial score (nSPS) is 16.2. The van der Waals surface area contributed by atoms with E-state index in [0.717, 1.165) is 42.8 Å². The van der Waals surface area contributed by atoms with Crippen LogP contribution in [-0.4, -0.2) is 51.8 Å². The van der Waals surface area contributed by atoms with Crippen LogP contribution in [0.3, 0.4) is 0 Å². The standard InChI is InChI=1S/C18H28N2O3.ClH/c1-14-11-15(5-6-16(14)23-4)12-20(2)17(21)18(13-22-3)7-9-19-10-8-18;/h5-6,11,19H,7-10,12-13H2,1-4H3;1H. The minimum absolute atomic E-state index is 0. The lowest BCUT2D eigenvalue weighted by Crippen LogP contribution is -2.50. The average molecular weight is 357 g/mol. The lowest BCUT2D eigenvalue weighted by Gasteiger charge is -2.38. The number of methoxy groups -OCH3 is 2. The predicted molar refractivity (Wildman–Crippen MR) is 97.9 cm³/mol. The summed E-state index contributed by atoms with van der Waals surface area (Å²) >= 11 is 0. The number of carbonyl (C=O) groups excluding carboxylic acids is 1. The van der Waals surface area contributed by atoms with Crippen molar-refractivity contribution in [3.8, 4) is 5.75 Å². The van der Waals surface area contributed by atoms with Crippen LogP contribution < -0.4 is 10.1 Å². The van der Waals surface area contributed by atoms with E-state index in [1.165, 1.54) is 0 Å². The van der Waals surface area contributed by atoms with E-state index in [9.17, 15) is 4.79 Å². The van der Waals surface area contributed by atoms with Gasteiger partial charge in [0.25, 0.3) is 0 Å². The molecule has 0 bridgehead atoms. The zero-order valence-corrected chi connectivity index (χ0v) is 15.9. The minimum Gasteiger partial charge on any atom is -0.496 e. The lowest BCUT2D eigenvalue weighted by atomic mass is 9.78. The van der Waals surface area contributed by atoms with Gasteiger partial charge in [-0.3, -0.25) is 4.79 Å². The van der Waals surface area contributed by atoms with Gasteiger partial charge >= 0.3 is 0 Å². The molecule has 1 aromatic carbocycles. The molecule has 24 heavy (non-hydrogen) atoms. The predicted octanol–water partition coefficient (Wildman–Crippen LogP) is 2.40. The zero-order valence-electron chi connectivity index (χ0n) is 15.1. The Balaban J connectivity index is 0.00000288. The van der Waals surface area contributed by atoms with E-state index in [1.807, 2.05) is 31.0 Å². The van der Waals surface area contributed by atoms with Gasteiger partial charge in [-0.15, -0.1) is 12.4 Å². The van der Waals surface area contributed by atoms with Crippen molar-refractivity contribution in [2.45, 2.75) is 26.3 Å². The number of rotatable bonds is 6. The minimum atomic E-state index is -0.393. The van der Waals surface area contributed by atoms with E-state index in [0.29, 0.717) is 13.2 Å². The molecule has 2 rings (SSSR count). The van der Waals surface area contributed by atoms with Gasteiger partial charge < -0.3 is 19.7 Å². The Morgan fingerprint density at radius 3 is 2.50 bits per heavy atom. The molecule has 0 atom stereocenters. The maximum absolute atomic E-state index is 13.0. The molecule has 6 heteroatoms. The van der Waals surface area contributed by atoms with Crippen LogP contribution in [0.5, 0.6) is 5.75 Å². The summed E-state index contributed by atoms with van der Waals surface area (Å²) < 4.78 is 10.7. The van der Waals surface area contributed by atoms with Gasteiger partial charge in [0.2, 0.25) is 5.91 Å². The summed E-state index contributed by atoms with van der Waals surface area (Å²) in [6.45, 7) is 4.83. The van der Waals surface area contributed by atoms with Crippen LogP contribution in [0.4, 0.5) is 0 Å². The molecule has 1 aliphatic rings. The van der Waals surface area contributed by atoms with Gasteiger partial charge in [0, 0.05) is 20.7 Å². The Labute approximate surface area is 151 Å². The second-order valence-corrected chi connectivity index (χ2v) is 6.43. The van der Waals surface area contributed by atoms with Crippen molar-refractivity contribution >= 4 is 18.3 Å². The third kappa shape index (κ3) is 4.62. The van der Waals surface area contributed by atoms with Crippen molar-refractivity contribution in [3.05, 3.63) is 29.3 Å². The molecule has 1 fully saturated rings. The van der Waals surface area contributed by atoms with Crippen LogP contribution in [-0.2, 0) is 16.1 Å². The number of nitrogens with one attached hydrogen (secondary N) is 1. The molecule has 0 aliphatic carbocycles. The summed E-state index contributed by atoms with van der Waals surface area (Å²) in [6, 6.07) is 6.05. The molecule has 1 heterocycles. The molecular weight excluding hydrogens is 328 g/mol. The van der Waals surface area contributed by atoms with Crippen LogP contribution >= 0.6 is 12.4 Å². The van der Waals surface area contributed by atoms with Gasteiger partial charge in [0.05, 0.1) is 19.1 Å². The number of nitrogens with zero attached hydrogens (tertiary/aromatic N) is 1. The number of amides is 1. The first-order valence-electron chi connectivity index (χ1n) is 8.11. The maximum atomic E-state index is 13.0. The fourth-order valence-corrected chi connectivity index (χ4v) is 3.39. The molecule has 0 spiro atoms. The van der Waals surface area contributed by atoms with Crippen molar-refractivity contribution in [3.63, 3.8) is 0 Å². The molecule has 136 valence electrons. The fourth-order valence-electron chi connectivity index (χ4n) is 3.39. The first kappa shape index (κ1) is 20.7. The number of halogens is 1. The molecule has 0 saturated carbocycles. The van der Waals surface area contributed by atoms with Crippen molar-refractivity contribution in [2.24, 2.45) is 5.41 Å². The smallest absolute Gasteiger partial charge is 0.231 e. The molecule has 5 nitrogen and oxygen atoms in total. The van der Waals surface area contributed by atoms with Crippen LogP contribution in [0.1, 0.15) is 24.0 Å². The van der Waals surface area contributed by atoms with Gasteiger partial charge in [-0.05, 0) is 50.0 Å². The summed E-state index contributed by atoms with van der Waals surface area (Å²) in [4.78, 5) is 14.8. The lowest BCUT2D eigenvalue weighted by molar-refractivity contribution is -0.146. The molecule has 1 aliphatic heterocycles. The Kier molecular flexibility index (Phi) is 8.00. The SMILES string of the molecule is COCC1(C(=O)N(C)Cc2ccc(OC)c(C)c2)CCNCC1.Cl. The number of piperidine rings is 1. The summed E-state index contributed by atoms with van der Waals surface area (Å²) in [6.07, 6.45) is 1.65. The maximum Gasteiger partial charge on any atom is 0.231 e. The quantitative estimate of drug-likeness (QED) is 0.850. The van der Waals surface area contributed by atoms with Gasteiger partial charge in [-0.25, -0.2) is 0 Å². The number of ether oxygens (including phenoxy) is 2. The van der Waals surface area contributed by atoms with Gasteiger partial charge in [-0.1, -0.05) is 12.1 Å². The topological polar surface area (TPSA) is 50.8 Å². The van der Waals surface area contributed by atoms with Crippen molar-refractivity contribution in [2.75, 3.05) is 41.0 Å². The van der Waals surface area contributed by atoms with Crippen molar-refractivity contribution in [1.82, 2.24) is 10.2 Å². The Hall–Kier alpha value is -1.30. The van der Waals surface area contributed by atoms with Crippen LogP contribution in [0.2, 0.25) is 0 Å². The monoisotopic (exact) mass is 356 g/mol. The third-order valence-corrected chi connectivity index (χ3v) is 4.66. The average Bonchev–Trinajstić information content (AvgIpc) is 2.55. The molecule has 1 saturated heterocycles. The molecule has 0 unspecified atom stereocenters. The highest BCUT2D eigenvalue weighted by atomic mass is 35.5. The molecular formula is C18H29ClN2O3. The highest BCUT2D eigenvalue weighted by molar-refractivity contribution is 5.85. The number of hydrogen-bond donors (Lipinski definition) is 1. The van der Waals surface area contributed by atoms with Crippen molar-refractivity contribution < 1.29 is 14.3 Å². The van der Waals surface area contributed by atoms with E-state index in [4.69, 9.17) is 9.47 Å². The third-order valence-electron chi connectivity index (χ3n) is 4.66. The van der Waals surface area contributed by atoms with Crippen LogP contribution in [0.15, 0.2) is 18.2 Å². The van der Waals surface area contributed by atoms with Crippen LogP contribution in [0, 0.1) is 12.3 Å². The van der Waals surface area contributed by atoms with Gasteiger partial charge in [0.1, 0.15) is 5.75 Å². The molecule has 1 N–H and O–H groups in total. The first-order chi connectivity index (χ1) is 11.0. The highest BCUT2D eigenvalue weighted by Gasteiger charge is 2.41. The zero-order chi connectivity index (χ0) is 16.9. The van der Waals surface area contributed by atoms with Crippen molar-refractivity contribution in [1.29, 1.82) is 0 Å². The Bertz CT molecular complexity index is 540. The summed E-state index contributed by atoms with van der Waals surface area (Å²) in [7, 11) is 5.22. The first-order valence-corrected chi connectivity index (χ1v) is 8.11. The number of hydrogen-bond acceptors (Lipinski definition) is 4. The summed E-state index contributed by atoms with van der Waals surface area (Å²) in [5, 5.41) is 3.32. The van der Waals surface area contributed by atoms with E-state index >= 15 is 0 Å². The largest absolute Gasteiger partial charge is 0.496 e. The Morgan fingerprint density at radius 2 is 1.96 bits per heavy atom. The second kappa shape index (κ2) is 9.25. The van der Waals surface area contributed by atoms with E-state index in [-0.39, 0.29) is 18.3 Å². The Morgan fingerprint density at radius 1 is 1.29 bits per heavy atom. The molecule has 0 aromatic heterocycles. The summed E-state index contributed by atoms with van der Waals surface area (Å²) in [5.74, 6) is 1.05. The second-order valence-electron chi connectivity index (χ2n) is 6.43. The highest BCUT2D eigenvalue weighted by Crippen LogP contribution is 2.32. The molecule has 0 radical (unpaired) electrons. The number of benzene rings is 1. The molecule has 1 amide bonds. The van der Waals surface area contributed by atoms with E-state index in [1.54, 1.807) is 14.2 Å². The van der Waals surface area contributed by atoms with Gasteiger partial charge in [-0.2, -0.15) is 0 Å². The fraction of sp³-hybridized carbons (Fsp3) is 0.611. The van der Waals surface area contributed by atoms with Gasteiger partial charge in [0.15, 0.2) is 0 Å².